The number of urea groups is 1. The van der Waals surface area contributed by atoms with Gasteiger partial charge in [-0.2, -0.15) is 0 Å². The fraction of sp³-hybridized carbons (Fsp3) is 0.375. The largest absolute Gasteiger partial charge is 0.496 e. The van der Waals surface area contributed by atoms with Crippen LogP contribution in [0.15, 0.2) is 39.3 Å². The van der Waals surface area contributed by atoms with Gasteiger partial charge in [-0.3, -0.25) is 19.8 Å². The van der Waals surface area contributed by atoms with E-state index in [9.17, 15) is 14.4 Å². The number of hydrogen-bond donors (Lipinski definition) is 2. The molecule has 3 unspecified atom stereocenters. The summed E-state index contributed by atoms with van der Waals surface area (Å²) in [5.41, 5.74) is 0.953. The molecule has 1 aliphatic heterocycles. The maximum atomic E-state index is 13.1. The quantitative estimate of drug-likeness (QED) is 0.461. The van der Waals surface area contributed by atoms with E-state index < -0.39 is 6.03 Å². The molecule has 1 saturated heterocycles. The van der Waals surface area contributed by atoms with Crippen LogP contribution < -0.4 is 25.0 Å². The molecular weight excluding hydrogens is 570 g/mol. The molecule has 2 aliphatic carbocycles. The van der Waals surface area contributed by atoms with Crippen molar-refractivity contribution in [2.75, 3.05) is 18.6 Å². The van der Waals surface area contributed by atoms with Gasteiger partial charge in [0.1, 0.15) is 18.0 Å². The van der Waals surface area contributed by atoms with Gasteiger partial charge in [-0.1, -0.05) is 6.42 Å². The Morgan fingerprint density at radius 2 is 1.88 bits per heavy atom. The van der Waals surface area contributed by atoms with Crippen molar-refractivity contribution in [3.8, 4) is 17.2 Å². The predicted octanol–water partition coefficient (Wildman–Crippen LogP) is 4.99. The molecule has 2 aromatic rings. The predicted molar refractivity (Wildman–Crippen MR) is 132 cm³/mol. The van der Waals surface area contributed by atoms with Crippen LogP contribution in [0.25, 0.3) is 0 Å². The first kappa shape index (κ1) is 23.2. The van der Waals surface area contributed by atoms with Crippen LogP contribution in [-0.4, -0.2) is 37.5 Å². The zero-order valence-electron chi connectivity index (χ0n) is 18.4. The molecule has 34 heavy (non-hydrogen) atoms. The van der Waals surface area contributed by atoms with Gasteiger partial charge in [0.2, 0.25) is 5.91 Å². The first-order valence-corrected chi connectivity index (χ1v) is 12.7. The maximum absolute atomic E-state index is 13.1. The lowest BCUT2D eigenvalue weighted by molar-refractivity contribution is -0.117. The Morgan fingerprint density at radius 1 is 1.12 bits per heavy atom. The second-order valence-corrected chi connectivity index (χ2v) is 10.6. The van der Waals surface area contributed by atoms with E-state index in [1.165, 1.54) is 31.3 Å². The van der Waals surface area contributed by atoms with Crippen molar-refractivity contribution in [3.05, 3.63) is 44.8 Å². The van der Waals surface area contributed by atoms with Gasteiger partial charge < -0.3 is 14.8 Å². The van der Waals surface area contributed by atoms with Gasteiger partial charge in [-0.25, -0.2) is 4.79 Å². The number of benzene rings is 2. The number of carbonyl (C=O) groups excluding carboxylic acids is 3. The van der Waals surface area contributed by atoms with Crippen LogP contribution in [0.4, 0.5) is 10.5 Å². The lowest BCUT2D eigenvalue weighted by Gasteiger charge is -2.23. The summed E-state index contributed by atoms with van der Waals surface area (Å²) >= 11 is 6.98. The molecule has 3 atom stereocenters. The Morgan fingerprint density at radius 3 is 2.47 bits per heavy atom. The minimum atomic E-state index is -0.473. The second-order valence-electron chi connectivity index (χ2n) is 8.90. The molecular formula is C24H23Br2N3O5. The highest BCUT2D eigenvalue weighted by atomic mass is 79.9. The molecule has 2 bridgehead atoms. The van der Waals surface area contributed by atoms with Crippen LogP contribution in [0.2, 0.25) is 0 Å². The third-order valence-corrected chi connectivity index (χ3v) is 7.96. The van der Waals surface area contributed by atoms with E-state index in [-0.39, 0.29) is 24.4 Å². The molecule has 2 aromatic carbocycles. The highest BCUT2D eigenvalue weighted by Gasteiger charge is 2.40. The molecule has 8 nitrogen and oxygen atoms in total. The van der Waals surface area contributed by atoms with Crippen molar-refractivity contribution in [3.63, 3.8) is 0 Å². The maximum Gasteiger partial charge on any atom is 0.329 e. The summed E-state index contributed by atoms with van der Waals surface area (Å²) in [6.45, 7) is -0.0442. The fourth-order valence-electron chi connectivity index (χ4n) is 5.16. The molecule has 5 rings (SSSR count). The van der Waals surface area contributed by atoms with Crippen molar-refractivity contribution >= 4 is 55.4 Å². The minimum Gasteiger partial charge on any atom is -0.496 e. The van der Waals surface area contributed by atoms with Gasteiger partial charge in [-0.05, 0) is 93.3 Å². The summed E-state index contributed by atoms with van der Waals surface area (Å²) < 4.78 is 12.7. The Kier molecular flexibility index (Phi) is 6.28. The average Bonchev–Trinajstić information content (AvgIpc) is 3.51. The van der Waals surface area contributed by atoms with E-state index in [4.69, 9.17) is 9.47 Å². The molecule has 2 N–H and O–H groups in total. The summed E-state index contributed by atoms with van der Waals surface area (Å²) in [6, 6.07) is 8.24. The normalized spacial score (nSPS) is 23.3. The van der Waals surface area contributed by atoms with Crippen LogP contribution in [-0.2, 0) is 4.79 Å². The van der Waals surface area contributed by atoms with Crippen LogP contribution in [0, 0.1) is 11.8 Å². The zero-order chi connectivity index (χ0) is 24.0. The fourth-order valence-corrected chi connectivity index (χ4v) is 6.49. The highest BCUT2D eigenvalue weighted by molar-refractivity contribution is 9.11. The molecule has 2 saturated carbocycles. The Balaban J connectivity index is 1.36. The van der Waals surface area contributed by atoms with E-state index in [1.807, 2.05) is 0 Å². The monoisotopic (exact) mass is 591 g/mol. The first-order valence-electron chi connectivity index (χ1n) is 11.1. The molecule has 3 fully saturated rings. The number of nitrogens with zero attached hydrogens (tertiary/aromatic N) is 1. The van der Waals surface area contributed by atoms with Crippen LogP contribution in [0.5, 0.6) is 17.2 Å². The van der Waals surface area contributed by atoms with Crippen molar-refractivity contribution in [2.24, 2.45) is 11.8 Å². The van der Waals surface area contributed by atoms with E-state index in [0.717, 1.165) is 12.3 Å². The van der Waals surface area contributed by atoms with Crippen LogP contribution in [0.1, 0.15) is 36.0 Å². The topological polar surface area (TPSA) is 97.0 Å². The van der Waals surface area contributed by atoms with Gasteiger partial charge in [0.25, 0.3) is 5.91 Å². The number of imide groups is 1. The minimum absolute atomic E-state index is 0.0442. The molecule has 0 spiro atoms. The summed E-state index contributed by atoms with van der Waals surface area (Å²) in [7, 11) is 1.54. The van der Waals surface area contributed by atoms with Gasteiger partial charge in [0.05, 0.1) is 21.6 Å². The van der Waals surface area contributed by atoms with E-state index in [1.54, 1.807) is 30.3 Å². The Hall–Kier alpha value is -2.59. The SMILES string of the molecule is COc1ccc(Oc2c(Br)cc(N3CC(=O)NC3=O)cc2Br)cc1C(=O)NC1CC2CCC1C2. The number of hydrogen-bond acceptors (Lipinski definition) is 5. The van der Waals surface area contributed by atoms with E-state index >= 15 is 0 Å². The number of carbonyl (C=O) groups is 3. The number of amides is 4. The Labute approximate surface area is 213 Å². The van der Waals surface area contributed by atoms with Gasteiger partial charge in [-0.15, -0.1) is 0 Å². The molecule has 178 valence electrons. The highest BCUT2D eigenvalue weighted by Crippen LogP contribution is 2.45. The summed E-state index contributed by atoms with van der Waals surface area (Å²) in [4.78, 5) is 38.0. The lowest BCUT2D eigenvalue weighted by Crippen LogP contribution is -2.38. The number of anilines is 1. The first-order chi connectivity index (χ1) is 16.3. The summed E-state index contributed by atoms with van der Waals surface area (Å²) in [6.07, 6.45) is 4.70. The van der Waals surface area contributed by atoms with Gasteiger partial charge >= 0.3 is 6.03 Å². The number of methoxy groups -OCH3 is 1. The van der Waals surface area contributed by atoms with E-state index in [0.29, 0.717) is 43.4 Å². The average molecular weight is 593 g/mol. The van der Waals surface area contributed by atoms with Gasteiger partial charge in [0, 0.05) is 11.7 Å². The number of ether oxygens (including phenoxy) is 2. The molecule has 4 amide bonds. The number of halogens is 2. The lowest BCUT2D eigenvalue weighted by atomic mass is 9.95. The second kappa shape index (κ2) is 9.22. The van der Waals surface area contributed by atoms with Crippen LogP contribution in [0.3, 0.4) is 0 Å². The smallest absolute Gasteiger partial charge is 0.329 e. The molecule has 1 heterocycles. The molecule has 10 heteroatoms. The van der Waals surface area contributed by atoms with Gasteiger partial charge in [0.15, 0.2) is 5.75 Å². The molecule has 0 aromatic heterocycles. The zero-order valence-corrected chi connectivity index (χ0v) is 21.6. The summed E-state index contributed by atoms with van der Waals surface area (Å²) in [5.74, 6) is 2.19. The standard InChI is InChI=1S/C24H23Br2N3O5/c1-33-20-5-4-15(10-16(20)23(31)27-19-7-12-2-3-13(19)6-12)34-22-17(25)8-14(9-18(22)26)29-11-21(30)28-24(29)32/h4-5,8-10,12-13,19H,2-3,6-7,11H2,1H3,(H,27,31)(H,28,30,32). The third-order valence-electron chi connectivity index (χ3n) is 6.78. The van der Waals surface area contributed by atoms with E-state index in [2.05, 4.69) is 42.5 Å². The van der Waals surface area contributed by atoms with Crippen molar-refractivity contribution in [1.82, 2.24) is 10.6 Å². The third kappa shape index (κ3) is 4.40. The number of nitrogens with one attached hydrogen (secondary N) is 2. The Bertz CT molecular complexity index is 1160. The molecule has 0 radical (unpaired) electrons. The van der Waals surface area contributed by atoms with Crippen molar-refractivity contribution < 1.29 is 23.9 Å². The van der Waals surface area contributed by atoms with Crippen molar-refractivity contribution in [2.45, 2.75) is 31.7 Å². The number of fused-ring (bicyclic) bond motifs is 2. The van der Waals surface area contributed by atoms with Crippen LogP contribution >= 0.6 is 31.9 Å². The van der Waals surface area contributed by atoms with Crippen molar-refractivity contribution in [1.29, 1.82) is 0 Å². The summed E-state index contributed by atoms with van der Waals surface area (Å²) in [5, 5.41) is 5.45. The molecule has 3 aliphatic rings. The number of rotatable bonds is 6.